The fraction of sp³-hybridized carbons (Fsp3) is 0.412. The summed E-state index contributed by atoms with van der Waals surface area (Å²) in [6.45, 7) is 3.93. The average molecular weight is 371 g/mol. The van der Waals surface area contributed by atoms with Crippen LogP contribution in [-0.4, -0.2) is 35.2 Å². The number of nitrogens with one attached hydrogen (secondary N) is 2. The van der Waals surface area contributed by atoms with Gasteiger partial charge in [0.15, 0.2) is 0 Å². The van der Waals surface area contributed by atoms with Gasteiger partial charge in [0.2, 0.25) is 5.91 Å². The van der Waals surface area contributed by atoms with Gasteiger partial charge < -0.3 is 15.2 Å². The van der Waals surface area contributed by atoms with E-state index in [4.69, 9.17) is 21.4 Å². The first-order valence-electron chi connectivity index (χ1n) is 7.82. The van der Waals surface area contributed by atoms with Crippen LogP contribution in [0, 0.1) is 5.82 Å². The van der Waals surface area contributed by atoms with E-state index in [9.17, 15) is 14.0 Å². The highest BCUT2D eigenvalue weighted by molar-refractivity contribution is 6.32. The van der Waals surface area contributed by atoms with E-state index in [-0.39, 0.29) is 29.0 Å². The van der Waals surface area contributed by atoms with Crippen LogP contribution in [0.15, 0.2) is 24.3 Å². The number of halogens is 2. The van der Waals surface area contributed by atoms with Crippen LogP contribution in [0.4, 0.5) is 10.1 Å². The van der Waals surface area contributed by atoms with Gasteiger partial charge in [0.05, 0.1) is 23.2 Å². The number of aliphatic carboxylic acids is 1. The number of carboxylic acids is 1. The number of rotatable bonds is 6. The standard InChI is InChI=1S/C17H20ClFN2O4/c1-10(2)25-14-8-13(12(19)7-11(14)18)21-16(24)17(9-15(22)23)5-3-4-6-20-17/h3-4,7-8,10,20H,5-6,9H2,1-2H3,(H,21,24)(H,22,23). The van der Waals surface area contributed by atoms with Gasteiger partial charge in [-0.15, -0.1) is 0 Å². The van der Waals surface area contributed by atoms with Crippen molar-refractivity contribution in [2.75, 3.05) is 11.9 Å². The molecule has 1 atom stereocenters. The van der Waals surface area contributed by atoms with Gasteiger partial charge in [0.25, 0.3) is 0 Å². The number of anilines is 1. The molecule has 136 valence electrons. The Morgan fingerprint density at radius 1 is 1.44 bits per heavy atom. The number of carboxylic acid groups (broad SMARTS) is 1. The molecule has 0 aromatic heterocycles. The number of carbonyl (C=O) groups is 2. The van der Waals surface area contributed by atoms with Gasteiger partial charge >= 0.3 is 5.97 Å². The Morgan fingerprint density at radius 2 is 2.16 bits per heavy atom. The Bertz CT molecular complexity index is 708. The molecule has 0 saturated carbocycles. The van der Waals surface area contributed by atoms with Gasteiger partial charge in [-0.2, -0.15) is 0 Å². The first-order valence-corrected chi connectivity index (χ1v) is 8.20. The summed E-state index contributed by atoms with van der Waals surface area (Å²) >= 11 is 5.95. The summed E-state index contributed by atoms with van der Waals surface area (Å²) in [7, 11) is 0. The summed E-state index contributed by atoms with van der Waals surface area (Å²) in [5.74, 6) is -2.25. The molecule has 0 spiro atoms. The number of hydrogen-bond donors (Lipinski definition) is 3. The molecule has 0 radical (unpaired) electrons. The second-order valence-electron chi connectivity index (χ2n) is 6.09. The third kappa shape index (κ3) is 4.70. The van der Waals surface area contributed by atoms with Crippen LogP contribution in [0.25, 0.3) is 0 Å². The predicted molar refractivity (Wildman–Crippen MR) is 92.5 cm³/mol. The Kier molecular flexibility index (Phi) is 6.02. The molecule has 8 heteroatoms. The summed E-state index contributed by atoms with van der Waals surface area (Å²) in [5, 5.41) is 14.6. The molecule has 1 aliphatic rings. The molecule has 0 fully saturated rings. The van der Waals surface area contributed by atoms with E-state index in [0.29, 0.717) is 6.54 Å². The SMILES string of the molecule is CC(C)Oc1cc(NC(=O)C2(CC(=O)O)CC=CCN2)c(F)cc1Cl. The molecular formula is C17H20ClFN2O4. The second-order valence-corrected chi connectivity index (χ2v) is 6.50. The van der Waals surface area contributed by atoms with E-state index < -0.39 is 29.7 Å². The van der Waals surface area contributed by atoms with Crippen LogP contribution in [0.3, 0.4) is 0 Å². The summed E-state index contributed by atoms with van der Waals surface area (Å²) in [4.78, 5) is 23.8. The van der Waals surface area contributed by atoms with Crippen LogP contribution < -0.4 is 15.4 Å². The topological polar surface area (TPSA) is 87.7 Å². The lowest BCUT2D eigenvalue weighted by molar-refractivity contribution is -0.141. The van der Waals surface area contributed by atoms with Gasteiger partial charge in [-0.05, 0) is 26.3 Å². The summed E-state index contributed by atoms with van der Waals surface area (Å²) < 4.78 is 19.7. The Morgan fingerprint density at radius 3 is 2.72 bits per heavy atom. The first-order chi connectivity index (χ1) is 11.7. The van der Waals surface area contributed by atoms with Crippen LogP contribution in [0.1, 0.15) is 26.7 Å². The maximum atomic E-state index is 14.2. The van der Waals surface area contributed by atoms with Crippen molar-refractivity contribution < 1.29 is 23.8 Å². The number of benzene rings is 1. The van der Waals surface area contributed by atoms with Crippen molar-refractivity contribution in [3.8, 4) is 5.75 Å². The monoisotopic (exact) mass is 370 g/mol. The molecule has 1 aromatic carbocycles. The van der Waals surface area contributed by atoms with Gasteiger partial charge in [0.1, 0.15) is 17.1 Å². The zero-order valence-electron chi connectivity index (χ0n) is 13.9. The Balaban J connectivity index is 2.28. The molecule has 0 saturated heterocycles. The lowest BCUT2D eigenvalue weighted by Gasteiger charge is -2.33. The molecular weight excluding hydrogens is 351 g/mol. The second kappa shape index (κ2) is 7.84. The van der Waals surface area contributed by atoms with Crippen molar-refractivity contribution >= 4 is 29.2 Å². The highest BCUT2D eigenvalue weighted by Gasteiger charge is 2.40. The Hall–Kier alpha value is -2.12. The van der Waals surface area contributed by atoms with Crippen molar-refractivity contribution in [3.05, 3.63) is 35.1 Å². The normalized spacial score (nSPS) is 19.7. The van der Waals surface area contributed by atoms with Crippen molar-refractivity contribution in [2.45, 2.75) is 38.3 Å². The summed E-state index contributed by atoms with van der Waals surface area (Å²) in [6.07, 6.45) is 3.11. The molecule has 2 rings (SSSR count). The van der Waals surface area contributed by atoms with E-state index in [1.807, 2.05) is 0 Å². The molecule has 0 bridgehead atoms. The number of carbonyl (C=O) groups excluding carboxylic acids is 1. The Labute approximate surface area is 150 Å². The molecule has 1 unspecified atom stereocenters. The first kappa shape index (κ1) is 19.2. The van der Waals surface area contributed by atoms with Crippen molar-refractivity contribution in [2.24, 2.45) is 0 Å². The van der Waals surface area contributed by atoms with Crippen molar-refractivity contribution in [3.63, 3.8) is 0 Å². The molecule has 0 aliphatic carbocycles. The lowest BCUT2D eigenvalue weighted by atomic mass is 9.87. The fourth-order valence-electron chi connectivity index (χ4n) is 2.55. The van der Waals surface area contributed by atoms with E-state index in [1.165, 1.54) is 6.07 Å². The molecule has 3 N–H and O–H groups in total. The van der Waals surface area contributed by atoms with Crippen molar-refractivity contribution in [1.82, 2.24) is 5.32 Å². The van der Waals surface area contributed by atoms with Gasteiger partial charge in [-0.1, -0.05) is 23.8 Å². The van der Waals surface area contributed by atoms with Crippen LogP contribution in [0.2, 0.25) is 5.02 Å². The minimum Gasteiger partial charge on any atom is -0.489 e. The van der Waals surface area contributed by atoms with Gasteiger partial charge in [-0.3, -0.25) is 14.9 Å². The average Bonchev–Trinajstić information content (AvgIpc) is 2.51. The minimum absolute atomic E-state index is 0.0863. The lowest BCUT2D eigenvalue weighted by Crippen LogP contribution is -2.57. The molecule has 1 aliphatic heterocycles. The maximum Gasteiger partial charge on any atom is 0.305 e. The third-order valence-corrected chi connectivity index (χ3v) is 4.01. The number of ether oxygens (including phenoxy) is 1. The molecule has 1 amide bonds. The zero-order chi connectivity index (χ0) is 18.6. The van der Waals surface area contributed by atoms with E-state index in [1.54, 1.807) is 26.0 Å². The highest BCUT2D eigenvalue weighted by atomic mass is 35.5. The van der Waals surface area contributed by atoms with E-state index in [2.05, 4.69) is 10.6 Å². The largest absolute Gasteiger partial charge is 0.489 e. The van der Waals surface area contributed by atoms with E-state index in [0.717, 1.165) is 6.07 Å². The maximum absolute atomic E-state index is 14.2. The van der Waals surface area contributed by atoms with Crippen molar-refractivity contribution in [1.29, 1.82) is 0 Å². The molecule has 1 heterocycles. The zero-order valence-corrected chi connectivity index (χ0v) is 14.7. The summed E-state index contributed by atoms with van der Waals surface area (Å²) in [6, 6.07) is 2.34. The fourth-order valence-corrected chi connectivity index (χ4v) is 2.75. The van der Waals surface area contributed by atoms with Gasteiger partial charge in [0, 0.05) is 12.6 Å². The highest BCUT2D eigenvalue weighted by Crippen LogP contribution is 2.32. The van der Waals surface area contributed by atoms with Crippen LogP contribution >= 0.6 is 11.6 Å². The molecule has 25 heavy (non-hydrogen) atoms. The van der Waals surface area contributed by atoms with Crippen LogP contribution in [0.5, 0.6) is 5.75 Å². The molecule has 1 aromatic rings. The minimum atomic E-state index is -1.34. The van der Waals surface area contributed by atoms with E-state index >= 15 is 0 Å². The third-order valence-electron chi connectivity index (χ3n) is 3.71. The number of amides is 1. The van der Waals surface area contributed by atoms with Gasteiger partial charge in [-0.25, -0.2) is 4.39 Å². The smallest absolute Gasteiger partial charge is 0.305 e. The number of hydrogen-bond acceptors (Lipinski definition) is 4. The predicted octanol–water partition coefficient (Wildman–Crippen LogP) is 2.97. The molecule has 6 nitrogen and oxygen atoms in total. The summed E-state index contributed by atoms with van der Waals surface area (Å²) in [5.41, 5.74) is -1.46. The quantitative estimate of drug-likeness (QED) is 0.670. The van der Waals surface area contributed by atoms with Crippen LogP contribution in [-0.2, 0) is 9.59 Å².